The maximum absolute atomic E-state index is 12.6. The van der Waals surface area contributed by atoms with E-state index in [0.717, 1.165) is 48.6 Å². The first-order chi connectivity index (χ1) is 20.0. The van der Waals surface area contributed by atoms with Gasteiger partial charge in [-0.2, -0.15) is 5.10 Å². The van der Waals surface area contributed by atoms with Crippen LogP contribution in [0.2, 0.25) is 0 Å². The van der Waals surface area contributed by atoms with Crippen LogP contribution in [-0.4, -0.2) is 41.8 Å². The van der Waals surface area contributed by atoms with Crippen molar-refractivity contribution < 1.29 is 9.59 Å². The number of hydrogen-bond acceptors (Lipinski definition) is 7. The molecule has 41 heavy (non-hydrogen) atoms. The highest BCUT2D eigenvalue weighted by Crippen LogP contribution is 2.36. The van der Waals surface area contributed by atoms with E-state index in [1.165, 1.54) is 11.3 Å². The van der Waals surface area contributed by atoms with Crippen LogP contribution in [-0.2, 0) is 0 Å². The summed E-state index contributed by atoms with van der Waals surface area (Å²) in [6.07, 6.45) is 6.85. The van der Waals surface area contributed by atoms with Gasteiger partial charge in [-0.15, -0.1) is 11.3 Å². The maximum atomic E-state index is 12.6. The van der Waals surface area contributed by atoms with Gasteiger partial charge in [-0.05, 0) is 55.5 Å². The monoisotopic (exact) mass is 555 g/mol. The normalized spacial score (nSPS) is 11.2. The molecule has 0 unspecified atom stereocenters. The SMILES string of the molecule is CC(=O)c1ccc(-c2ccnc3[nH]c(-c4n[nH]c5ncc(-c6cncc(NC(=O)c7ccccc7)c6)cc45)cc23)s1. The van der Waals surface area contributed by atoms with Gasteiger partial charge in [0, 0.05) is 56.5 Å². The number of aromatic nitrogens is 6. The van der Waals surface area contributed by atoms with Crippen LogP contribution in [0.15, 0.2) is 91.5 Å². The molecule has 7 aromatic rings. The first kappa shape index (κ1) is 24.6. The molecular formula is C31H21N7O2S. The number of rotatable bonds is 6. The molecule has 0 radical (unpaired) electrons. The highest BCUT2D eigenvalue weighted by Gasteiger charge is 2.17. The van der Waals surface area contributed by atoms with E-state index in [2.05, 4.69) is 35.5 Å². The van der Waals surface area contributed by atoms with Gasteiger partial charge < -0.3 is 10.3 Å². The zero-order chi connectivity index (χ0) is 27.9. The van der Waals surface area contributed by atoms with Crippen LogP contribution in [0.1, 0.15) is 27.0 Å². The molecule has 6 aromatic heterocycles. The molecule has 1 aromatic carbocycles. The molecule has 0 saturated carbocycles. The van der Waals surface area contributed by atoms with Gasteiger partial charge in [0.1, 0.15) is 11.3 Å². The van der Waals surface area contributed by atoms with E-state index in [1.807, 2.05) is 54.6 Å². The van der Waals surface area contributed by atoms with Gasteiger partial charge in [0.2, 0.25) is 0 Å². The fourth-order valence-electron chi connectivity index (χ4n) is 4.77. The number of H-pyrrole nitrogens is 2. The minimum Gasteiger partial charge on any atom is -0.338 e. The first-order valence-electron chi connectivity index (χ1n) is 12.8. The van der Waals surface area contributed by atoms with Gasteiger partial charge in [-0.25, -0.2) is 9.97 Å². The average molecular weight is 556 g/mol. The van der Waals surface area contributed by atoms with Gasteiger partial charge in [0.05, 0.1) is 22.5 Å². The molecule has 0 spiro atoms. The molecule has 3 N–H and O–H groups in total. The predicted octanol–water partition coefficient (Wildman–Crippen LogP) is 6.75. The summed E-state index contributed by atoms with van der Waals surface area (Å²) in [6.45, 7) is 1.57. The highest BCUT2D eigenvalue weighted by molar-refractivity contribution is 7.17. The van der Waals surface area contributed by atoms with E-state index in [9.17, 15) is 9.59 Å². The summed E-state index contributed by atoms with van der Waals surface area (Å²) < 4.78 is 0. The van der Waals surface area contributed by atoms with Crippen molar-refractivity contribution in [2.75, 3.05) is 5.32 Å². The van der Waals surface area contributed by atoms with Gasteiger partial charge >= 0.3 is 0 Å². The fraction of sp³-hybridized carbons (Fsp3) is 0.0323. The van der Waals surface area contributed by atoms with Crippen LogP contribution in [0, 0.1) is 0 Å². The third-order valence-electron chi connectivity index (χ3n) is 6.79. The molecule has 0 aliphatic heterocycles. The molecule has 198 valence electrons. The van der Waals surface area contributed by atoms with Crippen molar-refractivity contribution in [2.45, 2.75) is 6.92 Å². The lowest BCUT2D eigenvalue weighted by atomic mass is 10.1. The Morgan fingerprint density at radius 3 is 2.54 bits per heavy atom. The molecule has 0 fully saturated rings. The Morgan fingerprint density at radius 1 is 0.854 bits per heavy atom. The number of amides is 1. The molecule has 7 rings (SSSR count). The zero-order valence-corrected chi connectivity index (χ0v) is 22.5. The molecule has 9 nitrogen and oxygen atoms in total. The molecule has 0 aliphatic carbocycles. The topological polar surface area (TPSA) is 129 Å². The Bertz CT molecular complexity index is 2090. The number of thiophene rings is 1. The van der Waals surface area contributed by atoms with Gasteiger partial charge in [0.15, 0.2) is 11.4 Å². The summed E-state index contributed by atoms with van der Waals surface area (Å²) in [4.78, 5) is 43.0. The van der Waals surface area contributed by atoms with Gasteiger partial charge in [0.25, 0.3) is 5.91 Å². The van der Waals surface area contributed by atoms with E-state index in [1.54, 1.807) is 43.8 Å². The van der Waals surface area contributed by atoms with E-state index in [4.69, 9.17) is 0 Å². The molecule has 0 aliphatic rings. The van der Waals surface area contributed by atoms with Crippen LogP contribution >= 0.6 is 11.3 Å². The molecule has 1 amide bonds. The van der Waals surface area contributed by atoms with Crippen molar-refractivity contribution in [3.8, 4) is 33.0 Å². The van der Waals surface area contributed by atoms with Crippen molar-refractivity contribution in [3.05, 3.63) is 102 Å². The van der Waals surface area contributed by atoms with Crippen molar-refractivity contribution >= 4 is 50.8 Å². The lowest BCUT2D eigenvalue weighted by Crippen LogP contribution is -2.11. The number of anilines is 1. The second-order valence-electron chi connectivity index (χ2n) is 9.50. The number of benzene rings is 1. The van der Waals surface area contributed by atoms with E-state index in [0.29, 0.717) is 22.6 Å². The molecule has 6 heterocycles. The molecular weight excluding hydrogens is 534 g/mol. The maximum Gasteiger partial charge on any atom is 0.255 e. The highest BCUT2D eigenvalue weighted by atomic mass is 32.1. The Hall–Kier alpha value is -5.48. The van der Waals surface area contributed by atoms with Crippen molar-refractivity contribution in [3.63, 3.8) is 0 Å². The van der Waals surface area contributed by atoms with E-state index in [-0.39, 0.29) is 11.7 Å². The molecule has 10 heteroatoms. The zero-order valence-electron chi connectivity index (χ0n) is 21.7. The Kier molecular flexibility index (Phi) is 5.94. The lowest BCUT2D eigenvalue weighted by Gasteiger charge is -2.07. The predicted molar refractivity (Wildman–Crippen MR) is 160 cm³/mol. The minimum atomic E-state index is -0.206. The summed E-state index contributed by atoms with van der Waals surface area (Å²) >= 11 is 1.47. The minimum absolute atomic E-state index is 0.0481. The van der Waals surface area contributed by atoms with Gasteiger partial charge in [-0.1, -0.05) is 18.2 Å². The smallest absolute Gasteiger partial charge is 0.255 e. The lowest BCUT2D eigenvalue weighted by molar-refractivity contribution is 0.101. The summed E-state index contributed by atoms with van der Waals surface area (Å²) in [5.41, 5.74) is 6.63. The van der Waals surface area contributed by atoms with Crippen molar-refractivity contribution in [2.24, 2.45) is 0 Å². The summed E-state index contributed by atoms with van der Waals surface area (Å²) in [7, 11) is 0. The third kappa shape index (κ3) is 4.56. The molecule has 0 saturated heterocycles. The van der Waals surface area contributed by atoms with Crippen molar-refractivity contribution in [1.82, 2.24) is 30.1 Å². The van der Waals surface area contributed by atoms with E-state index >= 15 is 0 Å². The van der Waals surface area contributed by atoms with Crippen LogP contribution < -0.4 is 5.32 Å². The number of carbonyl (C=O) groups is 2. The molecule has 0 atom stereocenters. The largest absolute Gasteiger partial charge is 0.338 e. The first-order valence-corrected chi connectivity index (χ1v) is 13.6. The summed E-state index contributed by atoms with van der Waals surface area (Å²) in [5, 5.41) is 12.2. The fourth-order valence-corrected chi connectivity index (χ4v) is 5.71. The van der Waals surface area contributed by atoms with Crippen molar-refractivity contribution in [1.29, 1.82) is 0 Å². The molecule has 0 bridgehead atoms. The van der Waals surface area contributed by atoms with Crippen LogP contribution in [0.25, 0.3) is 55.0 Å². The Morgan fingerprint density at radius 2 is 1.71 bits per heavy atom. The number of aromatic amines is 2. The average Bonchev–Trinajstić information content (AvgIpc) is 3.75. The third-order valence-corrected chi connectivity index (χ3v) is 8.01. The number of fused-ring (bicyclic) bond motifs is 2. The number of nitrogens with zero attached hydrogens (tertiary/aromatic N) is 4. The number of pyridine rings is 3. The van der Waals surface area contributed by atoms with Crippen LogP contribution in [0.3, 0.4) is 0 Å². The number of ketones is 1. The van der Waals surface area contributed by atoms with Gasteiger partial charge in [-0.3, -0.25) is 19.7 Å². The van der Waals surface area contributed by atoms with Crippen LogP contribution in [0.4, 0.5) is 5.69 Å². The Balaban J connectivity index is 1.24. The number of nitrogens with one attached hydrogen (secondary N) is 3. The van der Waals surface area contributed by atoms with Crippen LogP contribution in [0.5, 0.6) is 0 Å². The second-order valence-corrected chi connectivity index (χ2v) is 10.6. The summed E-state index contributed by atoms with van der Waals surface area (Å²) in [6, 6.07) is 20.7. The second kappa shape index (κ2) is 9.92. The number of hydrogen-bond donors (Lipinski definition) is 3. The summed E-state index contributed by atoms with van der Waals surface area (Å²) in [5.74, 6) is -0.158. The number of carbonyl (C=O) groups excluding carboxylic acids is 2. The Labute approximate surface area is 237 Å². The standard InChI is InChI=1S/C31H21N7O2S/c1-17(39)26-7-8-27(41-26)22-9-10-33-29-23(22)13-25(36-29)28-24-12-20(15-34-30(24)38-37-28)19-11-21(16-32-14-19)35-31(40)18-5-3-2-4-6-18/h2-16H,1H3,(H,33,36)(H,35,40)(H,34,37,38). The quantitative estimate of drug-likeness (QED) is 0.195. The number of Topliss-reactive ketones (excluding diaryl/α,β-unsaturated/α-hetero) is 1. The van der Waals surface area contributed by atoms with E-state index < -0.39 is 0 Å².